The van der Waals surface area contributed by atoms with Gasteiger partial charge < -0.3 is 4.55 Å². The summed E-state index contributed by atoms with van der Waals surface area (Å²) < 4.78 is 22.0. The van der Waals surface area contributed by atoms with Gasteiger partial charge in [0.05, 0.1) is 0 Å². The summed E-state index contributed by atoms with van der Waals surface area (Å²) in [6, 6.07) is 13.8. The van der Waals surface area contributed by atoms with Gasteiger partial charge in [0, 0.05) is 4.90 Å². The molecule has 0 saturated heterocycles. The van der Waals surface area contributed by atoms with Crippen molar-refractivity contribution in [3.63, 3.8) is 0 Å². The van der Waals surface area contributed by atoms with E-state index in [1.807, 2.05) is 12.1 Å². The summed E-state index contributed by atoms with van der Waals surface area (Å²) in [4.78, 5) is 0.317. The van der Waals surface area contributed by atoms with Crippen molar-refractivity contribution in [3.8, 4) is 0 Å². The summed E-state index contributed by atoms with van der Waals surface area (Å²) in [5, 5.41) is 0. The van der Waals surface area contributed by atoms with Gasteiger partial charge in [-0.2, -0.15) is 0 Å². The fourth-order valence-electron chi connectivity index (χ4n) is 3.84. The summed E-state index contributed by atoms with van der Waals surface area (Å²) in [6.45, 7) is 11.5. The van der Waals surface area contributed by atoms with E-state index < -0.39 is 11.1 Å². The van der Waals surface area contributed by atoms with E-state index in [2.05, 4.69) is 58.9 Å². The van der Waals surface area contributed by atoms with Gasteiger partial charge in [-0.25, -0.2) is 0 Å². The molecule has 2 aromatic carbocycles. The van der Waals surface area contributed by atoms with Crippen LogP contribution in [0.2, 0.25) is 0 Å². The summed E-state index contributed by atoms with van der Waals surface area (Å²) in [6.07, 6.45) is 4.53. The van der Waals surface area contributed by atoms with E-state index in [1.54, 1.807) is 12.1 Å². The van der Waals surface area contributed by atoms with E-state index in [0.29, 0.717) is 4.90 Å². The standard InChI is InChI=1S/C23H28O2S.Na/c1-16(14-17-6-9-19(10-7-17)26(24)25)18-8-11-20-21(15-18)23(4,5)13-12-22(20,2)3;/h6-11,14-15H,12-13H2,1-5H3,(H,24,25);/q;+1/p-1. The van der Waals surface area contributed by atoms with Crippen LogP contribution >= 0.6 is 0 Å². The third-order valence-corrected chi connectivity index (χ3v) is 6.42. The zero-order valence-electron chi connectivity index (χ0n) is 17.3. The molecule has 138 valence electrons. The van der Waals surface area contributed by atoms with Gasteiger partial charge in [0.15, 0.2) is 0 Å². The third-order valence-electron chi connectivity index (χ3n) is 5.76. The van der Waals surface area contributed by atoms with Crippen LogP contribution in [0.1, 0.15) is 69.7 Å². The van der Waals surface area contributed by atoms with Crippen molar-refractivity contribution in [3.05, 3.63) is 64.7 Å². The second kappa shape index (κ2) is 8.34. The summed E-state index contributed by atoms with van der Waals surface area (Å²) >= 11 is -2.17. The Morgan fingerprint density at radius 1 is 0.963 bits per heavy atom. The number of hydrogen-bond acceptors (Lipinski definition) is 2. The Kier molecular flexibility index (Phi) is 6.98. The van der Waals surface area contributed by atoms with Crippen LogP contribution in [0.3, 0.4) is 0 Å². The van der Waals surface area contributed by atoms with E-state index in [0.717, 1.165) is 5.56 Å². The van der Waals surface area contributed by atoms with Gasteiger partial charge in [-0.05, 0) is 81.6 Å². The first-order chi connectivity index (χ1) is 12.1. The predicted octanol–water partition coefficient (Wildman–Crippen LogP) is 2.84. The van der Waals surface area contributed by atoms with Crippen molar-refractivity contribution in [1.29, 1.82) is 0 Å². The maximum atomic E-state index is 11.0. The average molecular weight is 391 g/mol. The molecule has 0 heterocycles. The van der Waals surface area contributed by atoms with Crippen LogP contribution < -0.4 is 29.6 Å². The van der Waals surface area contributed by atoms with Crippen molar-refractivity contribution in [2.45, 2.75) is 63.2 Å². The fourth-order valence-corrected chi connectivity index (χ4v) is 4.20. The van der Waals surface area contributed by atoms with E-state index >= 15 is 0 Å². The van der Waals surface area contributed by atoms with E-state index in [9.17, 15) is 8.76 Å². The molecule has 27 heavy (non-hydrogen) atoms. The van der Waals surface area contributed by atoms with Crippen LogP contribution in [0.25, 0.3) is 11.6 Å². The molecule has 2 aromatic rings. The molecule has 0 aromatic heterocycles. The summed E-state index contributed by atoms with van der Waals surface area (Å²) in [5.74, 6) is 0. The third kappa shape index (κ3) is 4.83. The maximum Gasteiger partial charge on any atom is 1.00 e. The molecule has 0 saturated carbocycles. The largest absolute Gasteiger partial charge is 1.00 e. The van der Waals surface area contributed by atoms with Crippen LogP contribution in [0, 0.1) is 0 Å². The second-order valence-electron chi connectivity index (χ2n) is 8.66. The smallest absolute Gasteiger partial charge is 0.768 e. The van der Waals surface area contributed by atoms with Crippen LogP contribution in [0.5, 0.6) is 0 Å². The Hall–Kier alpha value is -0.710. The van der Waals surface area contributed by atoms with Gasteiger partial charge >= 0.3 is 29.6 Å². The Balaban J connectivity index is 0.00000261. The normalized spacial score (nSPS) is 19.0. The first kappa shape index (κ1) is 22.6. The van der Waals surface area contributed by atoms with Gasteiger partial charge in [-0.1, -0.05) is 64.1 Å². The molecule has 1 aliphatic carbocycles. The SMILES string of the molecule is CC(=Cc1ccc(S(=O)[O-])cc1)c1ccc2c(c1)C(C)(C)CCC2(C)C.[Na+]. The number of benzene rings is 2. The van der Waals surface area contributed by atoms with Gasteiger partial charge in [-0.15, -0.1) is 0 Å². The molecule has 1 unspecified atom stereocenters. The molecular formula is C23H27NaO2S. The molecule has 1 atom stereocenters. The van der Waals surface area contributed by atoms with Crippen molar-refractivity contribution < 1.29 is 38.3 Å². The zero-order valence-corrected chi connectivity index (χ0v) is 20.1. The maximum absolute atomic E-state index is 11.0. The van der Waals surface area contributed by atoms with E-state index in [1.165, 1.54) is 35.1 Å². The van der Waals surface area contributed by atoms with Crippen molar-refractivity contribution in [2.24, 2.45) is 0 Å². The Bertz CT molecular complexity index is 880. The van der Waals surface area contributed by atoms with Crippen molar-refractivity contribution in [2.75, 3.05) is 0 Å². The molecule has 0 radical (unpaired) electrons. The molecule has 2 nitrogen and oxygen atoms in total. The van der Waals surface area contributed by atoms with E-state index in [4.69, 9.17) is 0 Å². The topological polar surface area (TPSA) is 40.1 Å². The van der Waals surface area contributed by atoms with Crippen LogP contribution in [-0.4, -0.2) is 8.76 Å². The number of rotatable bonds is 3. The molecular weight excluding hydrogens is 363 g/mol. The van der Waals surface area contributed by atoms with Gasteiger partial charge in [0.25, 0.3) is 0 Å². The minimum absolute atomic E-state index is 0. The van der Waals surface area contributed by atoms with Crippen LogP contribution in [-0.2, 0) is 21.9 Å². The molecule has 0 aliphatic heterocycles. The average Bonchev–Trinajstić information content (AvgIpc) is 2.59. The Morgan fingerprint density at radius 2 is 1.52 bits per heavy atom. The monoisotopic (exact) mass is 390 g/mol. The molecule has 0 spiro atoms. The van der Waals surface area contributed by atoms with Crippen molar-refractivity contribution in [1.82, 2.24) is 0 Å². The summed E-state index contributed by atoms with van der Waals surface area (Å²) in [5.41, 5.74) is 6.76. The molecule has 0 N–H and O–H groups in total. The second-order valence-corrected chi connectivity index (χ2v) is 9.60. The molecule has 0 bridgehead atoms. The molecule has 0 amide bonds. The van der Waals surface area contributed by atoms with E-state index in [-0.39, 0.29) is 40.4 Å². The number of fused-ring (bicyclic) bond motifs is 1. The molecule has 1 aliphatic rings. The fraction of sp³-hybridized carbons (Fsp3) is 0.391. The Labute approximate surface area is 188 Å². The molecule has 3 rings (SSSR count). The van der Waals surface area contributed by atoms with Gasteiger partial charge in [0.2, 0.25) is 0 Å². The van der Waals surface area contributed by atoms with Crippen LogP contribution in [0.15, 0.2) is 47.4 Å². The zero-order chi connectivity index (χ0) is 19.1. The molecule has 0 fully saturated rings. The Morgan fingerprint density at radius 3 is 2.07 bits per heavy atom. The van der Waals surface area contributed by atoms with Crippen LogP contribution in [0.4, 0.5) is 0 Å². The van der Waals surface area contributed by atoms with Crippen molar-refractivity contribution >= 4 is 22.7 Å². The minimum atomic E-state index is -2.17. The number of allylic oxidation sites excluding steroid dienone is 1. The predicted molar refractivity (Wildman–Crippen MR) is 109 cm³/mol. The minimum Gasteiger partial charge on any atom is -0.768 e. The first-order valence-corrected chi connectivity index (χ1v) is 10.2. The van der Waals surface area contributed by atoms with Gasteiger partial charge in [0.1, 0.15) is 0 Å². The van der Waals surface area contributed by atoms with Gasteiger partial charge in [-0.3, -0.25) is 4.21 Å². The number of hydrogen-bond donors (Lipinski definition) is 0. The first-order valence-electron chi connectivity index (χ1n) is 9.13. The summed E-state index contributed by atoms with van der Waals surface area (Å²) in [7, 11) is 0. The quantitative estimate of drug-likeness (QED) is 0.459. The molecule has 4 heteroatoms.